The molecule has 35 heavy (non-hydrogen) atoms. The summed E-state index contributed by atoms with van der Waals surface area (Å²) in [5.41, 5.74) is 1.03. The van der Waals surface area contributed by atoms with Gasteiger partial charge in [-0.1, -0.05) is 6.07 Å². The number of nitrogens with one attached hydrogen (secondary N) is 1. The predicted molar refractivity (Wildman–Crippen MR) is 128 cm³/mol. The highest BCUT2D eigenvalue weighted by Gasteiger charge is 2.19. The molecule has 0 aliphatic rings. The summed E-state index contributed by atoms with van der Waals surface area (Å²) in [6.07, 6.45) is 3.50. The molecule has 1 amide bonds. The lowest BCUT2D eigenvalue weighted by Crippen LogP contribution is -2.17. The highest BCUT2D eigenvalue weighted by Crippen LogP contribution is 2.26. The van der Waals surface area contributed by atoms with Gasteiger partial charge in [-0.2, -0.15) is 10.4 Å². The highest BCUT2D eigenvalue weighted by molar-refractivity contribution is 7.14. The number of carbonyl (C=O) groups excluding carboxylic acids is 2. The van der Waals surface area contributed by atoms with E-state index in [0.717, 1.165) is 17.5 Å². The van der Waals surface area contributed by atoms with Gasteiger partial charge < -0.3 is 14.8 Å². The number of thiophene rings is 1. The number of rotatable bonds is 9. The second-order valence-electron chi connectivity index (χ2n) is 7.47. The van der Waals surface area contributed by atoms with Gasteiger partial charge in [0, 0.05) is 5.56 Å². The molecule has 0 aliphatic carbocycles. The molecule has 0 atom stereocenters. The summed E-state index contributed by atoms with van der Waals surface area (Å²) in [6, 6.07) is 8.42. The number of nitriles is 1. The number of esters is 1. The van der Waals surface area contributed by atoms with E-state index in [-0.39, 0.29) is 34.5 Å². The van der Waals surface area contributed by atoms with Gasteiger partial charge in [0.1, 0.15) is 34.8 Å². The van der Waals surface area contributed by atoms with Gasteiger partial charge in [-0.15, -0.1) is 11.3 Å². The van der Waals surface area contributed by atoms with Gasteiger partial charge in [-0.05, 0) is 49.1 Å². The van der Waals surface area contributed by atoms with Gasteiger partial charge in [-0.3, -0.25) is 19.6 Å². The summed E-state index contributed by atoms with van der Waals surface area (Å²) < 4.78 is 11.9. The fourth-order valence-electron chi connectivity index (χ4n) is 3.05. The number of ether oxygens (including phenoxy) is 2. The van der Waals surface area contributed by atoms with E-state index in [9.17, 15) is 25.0 Å². The van der Waals surface area contributed by atoms with Crippen LogP contribution in [0, 0.1) is 21.4 Å². The molecule has 2 heterocycles. The molecule has 180 valence electrons. The van der Waals surface area contributed by atoms with Crippen molar-refractivity contribution < 1.29 is 24.0 Å². The first-order valence-corrected chi connectivity index (χ1v) is 11.1. The van der Waals surface area contributed by atoms with Crippen molar-refractivity contribution >= 4 is 40.0 Å². The van der Waals surface area contributed by atoms with Crippen LogP contribution in [0.4, 0.5) is 10.7 Å². The molecule has 12 heteroatoms. The number of amides is 1. The Labute approximate surface area is 204 Å². The Morgan fingerprint density at radius 2 is 2.14 bits per heavy atom. The molecular formula is C23H21N5O6S. The number of nitro groups is 1. The number of hydrogen-bond acceptors (Lipinski definition) is 9. The Morgan fingerprint density at radius 1 is 1.37 bits per heavy atom. The smallest absolute Gasteiger partial charge is 0.341 e. The molecule has 3 rings (SSSR count). The molecule has 0 fully saturated rings. The lowest BCUT2D eigenvalue weighted by Gasteiger charge is -2.10. The zero-order valence-corrected chi connectivity index (χ0v) is 19.9. The minimum atomic E-state index is -0.686. The number of nitrogens with zero attached hydrogens (tertiary/aromatic N) is 4. The topological polar surface area (TPSA) is 149 Å². The van der Waals surface area contributed by atoms with Crippen LogP contribution in [0.3, 0.4) is 0 Å². The zero-order valence-electron chi connectivity index (χ0n) is 19.0. The minimum absolute atomic E-state index is 0.145. The Hall–Kier alpha value is -4.50. The van der Waals surface area contributed by atoms with Gasteiger partial charge in [0.05, 0.1) is 30.2 Å². The van der Waals surface area contributed by atoms with Crippen molar-refractivity contribution in [3.05, 3.63) is 74.4 Å². The standard InChI is InChI=1S/C23H21N5O6S/c1-14(2)34-23(30)19-6-7-35-22(19)26-21(29)16(10-24)8-15-4-5-20(33-3)17(9-15)12-27-13-18(11-25-27)28(31)32/h4-9,11,13-14H,12H2,1-3H3,(H,26,29)/b16-8+. The van der Waals surface area contributed by atoms with E-state index in [1.54, 1.807) is 37.4 Å². The predicted octanol–water partition coefficient (Wildman–Crippen LogP) is 4.02. The maximum Gasteiger partial charge on any atom is 0.341 e. The number of aromatic nitrogens is 2. The summed E-state index contributed by atoms with van der Waals surface area (Å²) >= 11 is 1.14. The van der Waals surface area contributed by atoms with Crippen LogP contribution >= 0.6 is 11.3 Å². The van der Waals surface area contributed by atoms with Crippen LogP contribution < -0.4 is 10.1 Å². The average Bonchev–Trinajstić information content (AvgIpc) is 3.47. The normalized spacial score (nSPS) is 11.1. The fourth-order valence-corrected chi connectivity index (χ4v) is 3.82. The third-order valence-electron chi connectivity index (χ3n) is 4.60. The van der Waals surface area contributed by atoms with E-state index in [4.69, 9.17) is 9.47 Å². The molecule has 0 saturated carbocycles. The molecule has 2 aromatic heterocycles. The van der Waals surface area contributed by atoms with E-state index in [2.05, 4.69) is 10.4 Å². The van der Waals surface area contributed by atoms with Crippen molar-refractivity contribution in [1.82, 2.24) is 9.78 Å². The maximum absolute atomic E-state index is 12.8. The first-order valence-electron chi connectivity index (χ1n) is 10.3. The summed E-state index contributed by atoms with van der Waals surface area (Å²) in [7, 11) is 1.48. The SMILES string of the molecule is COc1ccc(/C=C(\C#N)C(=O)Nc2sccc2C(=O)OC(C)C)cc1Cn1cc([N+](=O)[O-])cn1. The first-order chi connectivity index (χ1) is 16.7. The molecule has 0 saturated heterocycles. The molecule has 1 N–H and O–H groups in total. The van der Waals surface area contributed by atoms with Crippen LogP contribution in [0.2, 0.25) is 0 Å². The Balaban J connectivity index is 1.83. The summed E-state index contributed by atoms with van der Waals surface area (Å²) in [6.45, 7) is 3.61. The van der Waals surface area contributed by atoms with E-state index < -0.39 is 16.8 Å². The van der Waals surface area contributed by atoms with E-state index in [1.807, 2.05) is 6.07 Å². The number of carbonyl (C=O) groups is 2. The molecule has 0 radical (unpaired) electrons. The molecule has 0 spiro atoms. The van der Waals surface area contributed by atoms with Crippen LogP contribution in [0.25, 0.3) is 6.08 Å². The van der Waals surface area contributed by atoms with Crippen LogP contribution in [-0.2, 0) is 16.1 Å². The summed E-state index contributed by atoms with van der Waals surface area (Å²) in [5.74, 6) is -0.749. The van der Waals surface area contributed by atoms with Gasteiger partial charge in [0.25, 0.3) is 5.91 Å². The molecule has 11 nitrogen and oxygen atoms in total. The molecule has 0 bridgehead atoms. The second kappa shape index (κ2) is 11.1. The van der Waals surface area contributed by atoms with Gasteiger partial charge in [-0.25, -0.2) is 4.79 Å². The monoisotopic (exact) mass is 495 g/mol. The number of methoxy groups -OCH3 is 1. The minimum Gasteiger partial charge on any atom is -0.496 e. The van der Waals surface area contributed by atoms with E-state index in [1.165, 1.54) is 30.1 Å². The van der Waals surface area contributed by atoms with Crippen LogP contribution in [0.1, 0.15) is 35.3 Å². The lowest BCUT2D eigenvalue weighted by molar-refractivity contribution is -0.385. The summed E-state index contributed by atoms with van der Waals surface area (Å²) in [5, 5.41) is 29.0. The van der Waals surface area contributed by atoms with Crippen molar-refractivity contribution in [2.75, 3.05) is 12.4 Å². The van der Waals surface area contributed by atoms with Gasteiger partial charge in [0.2, 0.25) is 0 Å². The largest absolute Gasteiger partial charge is 0.496 e. The number of hydrogen-bond donors (Lipinski definition) is 1. The summed E-state index contributed by atoms with van der Waals surface area (Å²) in [4.78, 5) is 35.4. The second-order valence-corrected chi connectivity index (χ2v) is 8.38. The van der Waals surface area contributed by atoms with Crippen LogP contribution in [0.5, 0.6) is 5.75 Å². The van der Waals surface area contributed by atoms with E-state index in [0.29, 0.717) is 16.9 Å². The highest BCUT2D eigenvalue weighted by atomic mass is 32.1. The molecule has 3 aromatic rings. The van der Waals surface area contributed by atoms with Crippen molar-refractivity contribution in [1.29, 1.82) is 5.26 Å². The zero-order chi connectivity index (χ0) is 25.5. The van der Waals surface area contributed by atoms with Crippen molar-refractivity contribution in [3.63, 3.8) is 0 Å². The van der Waals surface area contributed by atoms with Crippen molar-refractivity contribution in [2.45, 2.75) is 26.5 Å². The molecule has 0 aliphatic heterocycles. The van der Waals surface area contributed by atoms with Gasteiger partial charge >= 0.3 is 11.7 Å². The van der Waals surface area contributed by atoms with E-state index >= 15 is 0 Å². The van der Waals surface area contributed by atoms with Crippen LogP contribution in [-0.4, -0.2) is 39.8 Å². The number of anilines is 1. The van der Waals surface area contributed by atoms with Crippen molar-refractivity contribution in [3.8, 4) is 11.8 Å². The first kappa shape index (κ1) is 25.1. The third kappa shape index (κ3) is 6.30. The maximum atomic E-state index is 12.8. The fraction of sp³-hybridized carbons (Fsp3) is 0.217. The lowest BCUT2D eigenvalue weighted by atomic mass is 10.1. The van der Waals surface area contributed by atoms with Gasteiger partial charge in [0.15, 0.2) is 0 Å². The molecule has 0 unspecified atom stereocenters. The molecular weight excluding hydrogens is 474 g/mol. The number of benzene rings is 1. The quantitative estimate of drug-likeness (QED) is 0.154. The van der Waals surface area contributed by atoms with Crippen molar-refractivity contribution in [2.24, 2.45) is 0 Å². The molecule has 1 aromatic carbocycles. The Kier molecular flexibility index (Phi) is 7.96. The Bertz CT molecular complexity index is 1330. The van der Waals surface area contributed by atoms with Crippen LogP contribution in [0.15, 0.2) is 47.6 Å². The third-order valence-corrected chi connectivity index (χ3v) is 5.43. The Morgan fingerprint density at radius 3 is 2.77 bits per heavy atom. The average molecular weight is 496 g/mol.